The molecule has 0 bridgehead atoms. The molecule has 4 rings (SSSR count). The topological polar surface area (TPSA) is 51.0 Å². The average Bonchev–Trinajstić information content (AvgIpc) is 3.17. The van der Waals surface area contributed by atoms with Crippen molar-refractivity contribution in [2.24, 2.45) is 0 Å². The van der Waals surface area contributed by atoms with E-state index in [1.165, 1.54) is 23.7 Å². The SMILES string of the molecule is Cc1ccc(-n2c(SCC(=O)N3CCCC[C@@H]3C)nnc2-c2ccccc2)cc1. The summed E-state index contributed by atoms with van der Waals surface area (Å²) in [6.45, 7) is 5.08. The van der Waals surface area contributed by atoms with E-state index < -0.39 is 0 Å². The highest BCUT2D eigenvalue weighted by Crippen LogP contribution is 2.29. The molecule has 3 aromatic rings. The Kier molecular flexibility index (Phi) is 6.00. The quantitative estimate of drug-likeness (QED) is 0.575. The second-order valence-corrected chi connectivity index (χ2v) is 8.51. The summed E-state index contributed by atoms with van der Waals surface area (Å²) in [5.74, 6) is 1.35. The van der Waals surface area contributed by atoms with Crippen molar-refractivity contribution in [2.45, 2.75) is 44.3 Å². The number of rotatable bonds is 5. The summed E-state index contributed by atoms with van der Waals surface area (Å²) in [5, 5.41) is 9.63. The Bertz CT molecular complexity index is 968. The molecule has 1 fully saturated rings. The molecule has 1 aromatic heterocycles. The van der Waals surface area contributed by atoms with Crippen LogP contribution in [0.15, 0.2) is 59.8 Å². The number of likely N-dealkylation sites (tertiary alicyclic amines) is 1. The van der Waals surface area contributed by atoms with Crippen LogP contribution in [0.5, 0.6) is 0 Å². The number of hydrogen-bond acceptors (Lipinski definition) is 4. The lowest BCUT2D eigenvalue weighted by Gasteiger charge is -2.33. The molecule has 0 spiro atoms. The number of hydrogen-bond donors (Lipinski definition) is 0. The van der Waals surface area contributed by atoms with Gasteiger partial charge in [-0.05, 0) is 45.2 Å². The number of nitrogens with zero attached hydrogens (tertiary/aromatic N) is 4. The van der Waals surface area contributed by atoms with Crippen LogP contribution in [0.25, 0.3) is 17.1 Å². The molecule has 150 valence electrons. The number of aryl methyl sites for hydroxylation is 1. The largest absolute Gasteiger partial charge is 0.339 e. The molecule has 1 aliphatic rings. The van der Waals surface area contributed by atoms with Gasteiger partial charge in [0.2, 0.25) is 5.91 Å². The number of amides is 1. The summed E-state index contributed by atoms with van der Waals surface area (Å²) in [6, 6.07) is 18.7. The first kappa shape index (κ1) is 19.7. The molecule has 1 amide bonds. The summed E-state index contributed by atoms with van der Waals surface area (Å²) in [4.78, 5) is 14.8. The lowest BCUT2D eigenvalue weighted by Crippen LogP contribution is -2.42. The van der Waals surface area contributed by atoms with E-state index in [0.717, 1.165) is 41.6 Å². The maximum atomic E-state index is 12.8. The molecule has 29 heavy (non-hydrogen) atoms. The molecule has 1 aliphatic heterocycles. The number of aromatic nitrogens is 3. The van der Waals surface area contributed by atoms with Crippen molar-refractivity contribution in [3.05, 3.63) is 60.2 Å². The van der Waals surface area contributed by atoms with Gasteiger partial charge in [0.25, 0.3) is 0 Å². The molecule has 0 radical (unpaired) electrons. The second-order valence-electron chi connectivity index (χ2n) is 7.56. The van der Waals surface area contributed by atoms with Crippen molar-refractivity contribution in [1.29, 1.82) is 0 Å². The maximum absolute atomic E-state index is 12.8. The molecule has 2 heterocycles. The number of carbonyl (C=O) groups is 1. The zero-order valence-corrected chi connectivity index (χ0v) is 17.7. The summed E-state index contributed by atoms with van der Waals surface area (Å²) >= 11 is 1.46. The van der Waals surface area contributed by atoms with E-state index in [-0.39, 0.29) is 5.91 Å². The van der Waals surface area contributed by atoms with Gasteiger partial charge in [-0.3, -0.25) is 9.36 Å². The standard InChI is InChI=1S/C23H26N4OS/c1-17-11-13-20(14-12-17)27-22(19-9-4-3-5-10-19)24-25-23(27)29-16-21(28)26-15-7-6-8-18(26)2/h3-5,9-14,18H,6-8,15-16H2,1-2H3/t18-/m0/s1. The zero-order chi connectivity index (χ0) is 20.2. The Hall–Kier alpha value is -2.60. The van der Waals surface area contributed by atoms with Crippen LogP contribution in [-0.2, 0) is 4.79 Å². The normalized spacial score (nSPS) is 16.8. The zero-order valence-electron chi connectivity index (χ0n) is 16.9. The molecule has 1 atom stereocenters. The minimum absolute atomic E-state index is 0.182. The molecule has 1 saturated heterocycles. The lowest BCUT2D eigenvalue weighted by molar-refractivity contribution is -0.131. The van der Waals surface area contributed by atoms with Gasteiger partial charge in [-0.25, -0.2) is 0 Å². The first-order valence-corrected chi connectivity index (χ1v) is 11.1. The third kappa shape index (κ3) is 4.37. The molecular weight excluding hydrogens is 380 g/mol. The van der Waals surface area contributed by atoms with Crippen LogP contribution in [-0.4, -0.2) is 43.9 Å². The van der Waals surface area contributed by atoms with Crippen molar-refractivity contribution < 1.29 is 4.79 Å². The molecule has 0 aliphatic carbocycles. The minimum atomic E-state index is 0.182. The average molecular weight is 407 g/mol. The van der Waals surface area contributed by atoms with Crippen LogP contribution >= 0.6 is 11.8 Å². The fraction of sp³-hybridized carbons (Fsp3) is 0.348. The van der Waals surface area contributed by atoms with Gasteiger partial charge >= 0.3 is 0 Å². The van der Waals surface area contributed by atoms with E-state index in [2.05, 4.69) is 48.3 Å². The van der Waals surface area contributed by atoms with Crippen molar-refractivity contribution in [3.8, 4) is 17.1 Å². The van der Waals surface area contributed by atoms with Crippen LogP contribution in [0.4, 0.5) is 0 Å². The smallest absolute Gasteiger partial charge is 0.233 e. The molecule has 5 nitrogen and oxygen atoms in total. The van der Waals surface area contributed by atoms with Crippen molar-refractivity contribution in [2.75, 3.05) is 12.3 Å². The highest BCUT2D eigenvalue weighted by atomic mass is 32.2. The van der Waals surface area contributed by atoms with Crippen LogP contribution in [0.2, 0.25) is 0 Å². The highest BCUT2D eigenvalue weighted by Gasteiger charge is 2.24. The molecular formula is C23H26N4OS. The summed E-state index contributed by atoms with van der Waals surface area (Å²) in [6.07, 6.45) is 3.40. The lowest BCUT2D eigenvalue weighted by atomic mass is 10.0. The van der Waals surface area contributed by atoms with E-state index in [9.17, 15) is 4.79 Å². The third-order valence-electron chi connectivity index (χ3n) is 5.41. The molecule has 0 N–H and O–H groups in total. The Morgan fingerprint density at radius 1 is 1.07 bits per heavy atom. The van der Waals surface area contributed by atoms with E-state index >= 15 is 0 Å². The fourth-order valence-corrected chi connectivity index (χ4v) is 4.58. The molecule has 2 aromatic carbocycles. The molecule has 0 saturated carbocycles. The summed E-state index contributed by atoms with van der Waals surface area (Å²) in [5.41, 5.74) is 3.20. The fourth-order valence-electron chi connectivity index (χ4n) is 3.74. The number of piperidine rings is 1. The summed E-state index contributed by atoms with van der Waals surface area (Å²) in [7, 11) is 0. The minimum Gasteiger partial charge on any atom is -0.339 e. The Morgan fingerprint density at radius 2 is 1.83 bits per heavy atom. The van der Waals surface area contributed by atoms with Gasteiger partial charge in [0, 0.05) is 23.8 Å². The van der Waals surface area contributed by atoms with Gasteiger partial charge in [-0.2, -0.15) is 0 Å². The predicted octanol–water partition coefficient (Wildman–Crippen LogP) is 4.74. The van der Waals surface area contributed by atoms with Gasteiger partial charge in [-0.1, -0.05) is 59.8 Å². The van der Waals surface area contributed by atoms with Crippen molar-refractivity contribution >= 4 is 17.7 Å². The van der Waals surface area contributed by atoms with Gasteiger partial charge in [0.1, 0.15) is 0 Å². The number of carbonyl (C=O) groups excluding carboxylic acids is 1. The Balaban J connectivity index is 1.62. The first-order valence-electron chi connectivity index (χ1n) is 10.1. The first-order chi connectivity index (χ1) is 14.1. The maximum Gasteiger partial charge on any atom is 0.233 e. The monoisotopic (exact) mass is 406 g/mol. The molecule has 0 unspecified atom stereocenters. The number of thioether (sulfide) groups is 1. The van der Waals surface area contributed by atoms with Gasteiger partial charge in [0.15, 0.2) is 11.0 Å². The summed E-state index contributed by atoms with van der Waals surface area (Å²) < 4.78 is 2.05. The van der Waals surface area contributed by atoms with Crippen LogP contribution in [0, 0.1) is 6.92 Å². The van der Waals surface area contributed by atoms with E-state index in [4.69, 9.17) is 0 Å². The van der Waals surface area contributed by atoms with Gasteiger partial charge in [-0.15, -0.1) is 10.2 Å². The van der Waals surface area contributed by atoms with Crippen LogP contribution in [0.1, 0.15) is 31.7 Å². The second kappa shape index (κ2) is 8.82. The van der Waals surface area contributed by atoms with E-state index in [0.29, 0.717) is 11.8 Å². The van der Waals surface area contributed by atoms with Crippen LogP contribution < -0.4 is 0 Å². The number of benzene rings is 2. The van der Waals surface area contributed by atoms with Crippen molar-refractivity contribution in [3.63, 3.8) is 0 Å². The van der Waals surface area contributed by atoms with Crippen LogP contribution in [0.3, 0.4) is 0 Å². The third-order valence-corrected chi connectivity index (χ3v) is 6.32. The van der Waals surface area contributed by atoms with Crippen molar-refractivity contribution in [1.82, 2.24) is 19.7 Å². The predicted molar refractivity (Wildman–Crippen MR) is 117 cm³/mol. The van der Waals surface area contributed by atoms with E-state index in [1.54, 1.807) is 0 Å². The van der Waals surface area contributed by atoms with Gasteiger partial charge in [0.05, 0.1) is 5.75 Å². The Morgan fingerprint density at radius 3 is 2.55 bits per heavy atom. The Labute approximate surface area is 176 Å². The van der Waals surface area contributed by atoms with Gasteiger partial charge < -0.3 is 4.90 Å². The molecule has 6 heteroatoms. The highest BCUT2D eigenvalue weighted by molar-refractivity contribution is 7.99. The van der Waals surface area contributed by atoms with E-state index in [1.807, 2.05) is 39.8 Å².